The number of carbonyl (C=O) groups excluding carboxylic acids is 1. The number of alkyl halides is 3. The van der Waals surface area contributed by atoms with E-state index in [1.165, 1.54) is 0 Å². The van der Waals surface area contributed by atoms with Gasteiger partial charge in [0.2, 0.25) is 6.17 Å². The molecule has 3 N–H and O–H groups in total. The molecule has 0 unspecified atom stereocenters. The second-order valence-electron chi connectivity index (χ2n) is 5.28. The fraction of sp³-hybridized carbons (Fsp3) is 0.235. The van der Waals surface area contributed by atoms with Gasteiger partial charge in [0.05, 0.1) is 0 Å². The Hall–Kier alpha value is -1.26. The van der Waals surface area contributed by atoms with Crippen LogP contribution in [0.3, 0.4) is 0 Å². The predicted octanol–water partition coefficient (Wildman–Crippen LogP) is 3.18. The maximum Gasteiger partial charge on any atom is 0.262 e. The Balaban J connectivity index is 2.04. The molecule has 0 saturated heterocycles. The van der Waals surface area contributed by atoms with E-state index in [2.05, 4.69) is 5.32 Å². The standard InChI is InChI=1S/C17H17Cl3N2O/c1-12-7-9-14(10-8-12)15(23)22-16(17(18,19)20)21-11-13-5-3-2-4-6-13/h2-10,16,21H,11H2,1H3,(H,22,23)/p+1/t16-/m0/s1. The van der Waals surface area contributed by atoms with Crippen molar-refractivity contribution in [2.45, 2.75) is 23.4 Å². The number of amides is 1. The molecule has 3 nitrogen and oxygen atoms in total. The number of benzene rings is 2. The molecule has 2 aromatic carbocycles. The van der Waals surface area contributed by atoms with Crippen LogP contribution in [0, 0.1) is 6.92 Å². The van der Waals surface area contributed by atoms with E-state index in [1.807, 2.05) is 49.4 Å². The van der Waals surface area contributed by atoms with Gasteiger partial charge in [-0.2, -0.15) is 0 Å². The van der Waals surface area contributed by atoms with E-state index in [4.69, 9.17) is 34.8 Å². The largest absolute Gasteiger partial charge is 0.319 e. The van der Waals surface area contributed by atoms with Gasteiger partial charge in [-0.25, -0.2) is 0 Å². The lowest BCUT2D eigenvalue weighted by molar-refractivity contribution is -0.706. The van der Waals surface area contributed by atoms with Crippen LogP contribution in [0.15, 0.2) is 54.6 Å². The third-order valence-corrected chi connectivity index (χ3v) is 4.09. The summed E-state index contributed by atoms with van der Waals surface area (Å²) in [6, 6.07) is 17.0. The minimum absolute atomic E-state index is 0.273. The van der Waals surface area contributed by atoms with E-state index in [9.17, 15) is 4.79 Å². The summed E-state index contributed by atoms with van der Waals surface area (Å²) in [5.41, 5.74) is 2.69. The van der Waals surface area contributed by atoms with Crippen LogP contribution in [-0.2, 0) is 6.54 Å². The molecule has 0 radical (unpaired) electrons. The fourth-order valence-electron chi connectivity index (χ4n) is 2.07. The summed E-state index contributed by atoms with van der Waals surface area (Å²) in [5.74, 6) is -0.273. The molecule has 2 rings (SSSR count). The summed E-state index contributed by atoms with van der Waals surface area (Å²) < 4.78 is -1.62. The van der Waals surface area contributed by atoms with E-state index >= 15 is 0 Å². The lowest BCUT2D eigenvalue weighted by Crippen LogP contribution is -2.95. The van der Waals surface area contributed by atoms with Gasteiger partial charge in [0.15, 0.2) is 0 Å². The molecule has 0 aliphatic heterocycles. The van der Waals surface area contributed by atoms with Gasteiger partial charge in [0.25, 0.3) is 9.70 Å². The first-order chi connectivity index (χ1) is 10.9. The minimum Gasteiger partial charge on any atom is -0.319 e. The number of quaternary nitrogens is 1. The molecule has 6 heteroatoms. The SMILES string of the molecule is Cc1ccc(C(=O)N[C@H]([NH2+]Cc2ccccc2)C(Cl)(Cl)Cl)cc1. The smallest absolute Gasteiger partial charge is 0.262 e. The zero-order valence-electron chi connectivity index (χ0n) is 12.6. The molecule has 2 aromatic rings. The molecule has 0 aromatic heterocycles. The average molecular weight is 373 g/mol. The molecule has 0 bridgehead atoms. The molecule has 0 fully saturated rings. The van der Waals surface area contributed by atoms with E-state index in [-0.39, 0.29) is 5.91 Å². The van der Waals surface area contributed by atoms with Gasteiger partial charge in [-0.3, -0.25) is 10.1 Å². The maximum absolute atomic E-state index is 12.3. The highest BCUT2D eigenvalue weighted by Gasteiger charge is 2.37. The number of hydrogen-bond acceptors (Lipinski definition) is 1. The highest BCUT2D eigenvalue weighted by molar-refractivity contribution is 6.68. The normalized spacial score (nSPS) is 12.7. The molecule has 1 amide bonds. The number of nitrogens with two attached hydrogens (primary N) is 1. The zero-order chi connectivity index (χ0) is 16.9. The maximum atomic E-state index is 12.3. The van der Waals surface area contributed by atoms with Gasteiger partial charge in [-0.15, -0.1) is 0 Å². The highest BCUT2D eigenvalue weighted by atomic mass is 35.6. The van der Waals surface area contributed by atoms with Crippen LogP contribution in [0.4, 0.5) is 0 Å². The molecule has 0 heterocycles. The van der Waals surface area contributed by atoms with Crippen LogP contribution >= 0.6 is 34.8 Å². The molecule has 23 heavy (non-hydrogen) atoms. The number of hydrogen-bond donors (Lipinski definition) is 2. The minimum atomic E-state index is -1.62. The van der Waals surface area contributed by atoms with Crippen LogP contribution in [0.25, 0.3) is 0 Å². The highest BCUT2D eigenvalue weighted by Crippen LogP contribution is 2.27. The van der Waals surface area contributed by atoms with Crippen molar-refractivity contribution in [1.82, 2.24) is 5.32 Å². The summed E-state index contributed by atoms with van der Waals surface area (Å²) in [4.78, 5) is 12.3. The van der Waals surface area contributed by atoms with E-state index in [0.29, 0.717) is 12.1 Å². The first-order valence-corrected chi connectivity index (χ1v) is 8.31. The van der Waals surface area contributed by atoms with Gasteiger partial charge < -0.3 is 5.32 Å². The third-order valence-electron chi connectivity index (χ3n) is 3.39. The van der Waals surface area contributed by atoms with Gasteiger partial charge in [-0.05, 0) is 19.1 Å². The van der Waals surface area contributed by atoms with Crippen molar-refractivity contribution in [1.29, 1.82) is 0 Å². The quantitative estimate of drug-likeness (QED) is 0.614. The Kier molecular flexibility index (Phi) is 6.31. The van der Waals surface area contributed by atoms with Gasteiger partial charge in [0, 0.05) is 11.1 Å². The van der Waals surface area contributed by atoms with Crippen LogP contribution in [0.2, 0.25) is 0 Å². The number of nitrogens with one attached hydrogen (secondary N) is 1. The lowest BCUT2D eigenvalue weighted by atomic mass is 10.1. The summed E-state index contributed by atoms with van der Waals surface area (Å²) in [6.07, 6.45) is -0.693. The Labute approximate surface area is 150 Å². The van der Waals surface area contributed by atoms with Crippen LogP contribution < -0.4 is 10.6 Å². The molecule has 0 spiro atoms. The number of halogens is 3. The summed E-state index contributed by atoms with van der Waals surface area (Å²) in [6.45, 7) is 2.55. The van der Waals surface area contributed by atoms with Crippen molar-refractivity contribution in [3.8, 4) is 0 Å². The van der Waals surface area contributed by atoms with Crippen molar-refractivity contribution < 1.29 is 10.1 Å². The zero-order valence-corrected chi connectivity index (χ0v) is 14.9. The monoisotopic (exact) mass is 371 g/mol. The van der Waals surface area contributed by atoms with Gasteiger partial charge in [0.1, 0.15) is 6.54 Å². The third kappa shape index (κ3) is 5.70. The van der Waals surface area contributed by atoms with Crippen LogP contribution in [0.5, 0.6) is 0 Å². The van der Waals surface area contributed by atoms with Gasteiger partial charge in [-0.1, -0.05) is 82.8 Å². The first-order valence-electron chi connectivity index (χ1n) is 7.18. The first kappa shape index (κ1) is 18.1. The topological polar surface area (TPSA) is 45.7 Å². The van der Waals surface area contributed by atoms with E-state index in [1.54, 1.807) is 17.4 Å². The van der Waals surface area contributed by atoms with Gasteiger partial charge >= 0.3 is 0 Å². The summed E-state index contributed by atoms with van der Waals surface area (Å²) in [7, 11) is 0. The molecule has 0 saturated carbocycles. The Bertz CT molecular complexity index is 639. The Morgan fingerprint density at radius 1 is 1.09 bits per heavy atom. The molecular formula is C17H18Cl3N2O+. The molecular weight excluding hydrogens is 355 g/mol. The molecule has 1 atom stereocenters. The predicted molar refractivity (Wildman–Crippen MR) is 94.8 cm³/mol. The van der Waals surface area contributed by atoms with Crippen LogP contribution in [0.1, 0.15) is 21.5 Å². The second kappa shape index (κ2) is 8.02. The average Bonchev–Trinajstić information content (AvgIpc) is 2.51. The summed E-state index contributed by atoms with van der Waals surface area (Å²) >= 11 is 18.0. The van der Waals surface area contributed by atoms with Crippen molar-refractivity contribution in [3.05, 3.63) is 71.3 Å². The van der Waals surface area contributed by atoms with Crippen molar-refractivity contribution in [3.63, 3.8) is 0 Å². The molecule has 0 aliphatic carbocycles. The van der Waals surface area contributed by atoms with Crippen LogP contribution in [-0.4, -0.2) is 15.9 Å². The van der Waals surface area contributed by atoms with Crippen molar-refractivity contribution in [2.24, 2.45) is 0 Å². The second-order valence-corrected chi connectivity index (χ2v) is 7.65. The van der Waals surface area contributed by atoms with E-state index in [0.717, 1.165) is 11.1 Å². The van der Waals surface area contributed by atoms with E-state index < -0.39 is 9.96 Å². The number of aryl methyl sites for hydroxylation is 1. The molecule has 0 aliphatic rings. The fourth-order valence-corrected chi connectivity index (χ4v) is 2.50. The summed E-state index contributed by atoms with van der Waals surface area (Å²) in [5, 5.41) is 4.57. The van der Waals surface area contributed by atoms with Crippen molar-refractivity contribution in [2.75, 3.05) is 0 Å². The van der Waals surface area contributed by atoms with Crippen molar-refractivity contribution >= 4 is 40.7 Å². The Morgan fingerprint density at radius 3 is 2.26 bits per heavy atom. The number of carbonyl (C=O) groups is 1. The Morgan fingerprint density at radius 2 is 1.70 bits per heavy atom. The lowest BCUT2D eigenvalue weighted by Gasteiger charge is -2.23. The number of rotatable bonds is 5. The molecule has 122 valence electrons.